The van der Waals surface area contributed by atoms with Crippen LogP contribution in [0.1, 0.15) is 20.3 Å². The number of amides is 1. The minimum Gasteiger partial charge on any atom is -0.497 e. The molecule has 0 spiro atoms. The number of piperazine rings is 1. The fraction of sp³-hybridized carbons (Fsp3) is 0.484. The molecule has 4 heterocycles. The molecule has 2 aliphatic heterocycles. The lowest BCUT2D eigenvalue weighted by molar-refractivity contribution is -0.130. The van der Waals surface area contributed by atoms with E-state index in [1.165, 1.54) is 13.2 Å². The van der Waals surface area contributed by atoms with Gasteiger partial charge in [-0.1, -0.05) is 18.2 Å². The standard InChI is InChI=1S/C31H39ClN6O5/c1-6-27(39)36-15-19(2)37(20(3)16-36)8-7-9-38-29-22(14-34-31(35-29)33-13-21-17-43-18-21)10-25(30(38)40)24-11-23(41-4)12-26(42-5)28(24)32/h6,10-12,14,19-21H,1,7-9,13,15-18H2,2-5H3,(H,33,34,35). The first-order valence-electron chi connectivity index (χ1n) is 14.5. The molecule has 230 valence electrons. The SMILES string of the molecule is C=CC(=O)N1CC(C)N(CCCn2c(=O)c(-c3cc(OC)cc(OC)c3Cl)cc3cnc(NCC4COC4)nc32)C(C)C1. The number of fused-ring (bicyclic) bond motifs is 1. The van der Waals surface area contributed by atoms with Crippen molar-refractivity contribution in [2.45, 2.75) is 38.9 Å². The van der Waals surface area contributed by atoms with Crippen molar-refractivity contribution < 1.29 is 19.0 Å². The van der Waals surface area contributed by atoms with Crippen molar-refractivity contribution in [2.75, 3.05) is 58.9 Å². The number of hydrogen-bond donors (Lipinski definition) is 1. The fourth-order valence-electron chi connectivity index (χ4n) is 5.84. The highest BCUT2D eigenvalue weighted by Crippen LogP contribution is 2.38. The molecule has 1 aromatic carbocycles. The van der Waals surface area contributed by atoms with E-state index < -0.39 is 0 Å². The van der Waals surface area contributed by atoms with Gasteiger partial charge in [0.2, 0.25) is 11.9 Å². The lowest BCUT2D eigenvalue weighted by Crippen LogP contribution is -2.58. The minimum atomic E-state index is -0.218. The quantitative estimate of drug-likeness (QED) is 0.325. The van der Waals surface area contributed by atoms with Crippen LogP contribution in [-0.2, 0) is 16.1 Å². The molecular weight excluding hydrogens is 572 g/mol. The molecular formula is C31H39ClN6O5. The van der Waals surface area contributed by atoms with Crippen molar-refractivity contribution in [1.82, 2.24) is 24.3 Å². The molecule has 43 heavy (non-hydrogen) atoms. The van der Waals surface area contributed by atoms with E-state index in [0.717, 1.165) is 6.54 Å². The second-order valence-corrected chi connectivity index (χ2v) is 11.6. The third-order valence-electron chi connectivity index (χ3n) is 8.23. The number of methoxy groups -OCH3 is 2. The maximum Gasteiger partial charge on any atom is 0.260 e. The molecule has 1 amide bonds. The maximum absolute atomic E-state index is 14.2. The van der Waals surface area contributed by atoms with Crippen LogP contribution >= 0.6 is 11.6 Å². The Labute approximate surface area is 256 Å². The Kier molecular flexibility index (Phi) is 9.53. The summed E-state index contributed by atoms with van der Waals surface area (Å²) in [5, 5.41) is 4.32. The number of carbonyl (C=O) groups excluding carboxylic acids is 1. The summed E-state index contributed by atoms with van der Waals surface area (Å²) in [5.74, 6) is 1.77. The molecule has 5 rings (SSSR count). The molecule has 12 heteroatoms. The zero-order valence-corrected chi connectivity index (χ0v) is 25.9. The van der Waals surface area contributed by atoms with Crippen LogP contribution in [0.2, 0.25) is 5.02 Å². The lowest BCUT2D eigenvalue weighted by atomic mass is 10.0. The summed E-state index contributed by atoms with van der Waals surface area (Å²) in [6.07, 6.45) is 3.80. The number of benzene rings is 1. The van der Waals surface area contributed by atoms with Crippen LogP contribution in [0.5, 0.6) is 11.5 Å². The number of aryl methyl sites for hydroxylation is 1. The van der Waals surface area contributed by atoms with Gasteiger partial charge in [0.25, 0.3) is 5.56 Å². The number of hydrogen-bond acceptors (Lipinski definition) is 9. The van der Waals surface area contributed by atoms with Gasteiger partial charge < -0.3 is 24.4 Å². The molecule has 2 unspecified atom stereocenters. The Morgan fingerprint density at radius 1 is 1.14 bits per heavy atom. The fourth-order valence-corrected chi connectivity index (χ4v) is 6.12. The lowest BCUT2D eigenvalue weighted by Gasteiger charge is -2.44. The summed E-state index contributed by atoms with van der Waals surface area (Å²) in [6, 6.07) is 5.54. The highest BCUT2D eigenvalue weighted by atomic mass is 35.5. The average Bonchev–Trinajstić information content (AvgIpc) is 2.98. The summed E-state index contributed by atoms with van der Waals surface area (Å²) in [7, 11) is 3.08. The van der Waals surface area contributed by atoms with Crippen LogP contribution in [0.3, 0.4) is 0 Å². The van der Waals surface area contributed by atoms with E-state index in [2.05, 4.69) is 35.6 Å². The number of pyridine rings is 1. The smallest absolute Gasteiger partial charge is 0.260 e. The summed E-state index contributed by atoms with van der Waals surface area (Å²) in [5.41, 5.74) is 1.24. The number of nitrogens with one attached hydrogen (secondary N) is 1. The van der Waals surface area contributed by atoms with Crippen molar-refractivity contribution >= 4 is 34.5 Å². The highest BCUT2D eigenvalue weighted by molar-refractivity contribution is 6.35. The second-order valence-electron chi connectivity index (χ2n) is 11.2. The molecule has 0 aliphatic carbocycles. The Balaban J connectivity index is 1.48. The second kappa shape index (κ2) is 13.3. The zero-order chi connectivity index (χ0) is 30.7. The van der Waals surface area contributed by atoms with E-state index in [4.69, 9.17) is 30.8 Å². The normalized spacial score (nSPS) is 19.2. The average molecular weight is 611 g/mol. The number of aromatic nitrogens is 3. The van der Waals surface area contributed by atoms with Gasteiger partial charge in [0.1, 0.15) is 17.1 Å². The van der Waals surface area contributed by atoms with Crippen LogP contribution in [-0.4, -0.2) is 95.9 Å². The first-order valence-corrected chi connectivity index (χ1v) is 14.9. The monoisotopic (exact) mass is 610 g/mol. The molecule has 0 radical (unpaired) electrons. The van der Waals surface area contributed by atoms with Crippen molar-refractivity contribution in [2.24, 2.45) is 5.92 Å². The number of nitrogens with zero attached hydrogens (tertiary/aromatic N) is 5. The highest BCUT2D eigenvalue weighted by Gasteiger charge is 2.30. The van der Waals surface area contributed by atoms with Gasteiger partial charge in [-0.05, 0) is 38.5 Å². The van der Waals surface area contributed by atoms with Gasteiger partial charge in [-0.3, -0.25) is 19.1 Å². The molecule has 2 atom stereocenters. The van der Waals surface area contributed by atoms with Crippen LogP contribution in [0, 0.1) is 5.92 Å². The number of halogens is 1. The summed E-state index contributed by atoms with van der Waals surface area (Å²) in [6.45, 7) is 12.5. The first-order chi connectivity index (χ1) is 20.7. The van der Waals surface area contributed by atoms with Crippen LogP contribution in [0.15, 0.2) is 41.8 Å². The Morgan fingerprint density at radius 3 is 2.51 bits per heavy atom. The minimum absolute atomic E-state index is 0.0463. The third kappa shape index (κ3) is 6.48. The molecule has 11 nitrogen and oxygen atoms in total. The molecule has 2 aliphatic rings. The van der Waals surface area contributed by atoms with E-state index >= 15 is 0 Å². The van der Waals surface area contributed by atoms with Crippen molar-refractivity contribution in [3.8, 4) is 22.6 Å². The molecule has 0 bridgehead atoms. The predicted octanol–water partition coefficient (Wildman–Crippen LogP) is 3.68. The molecule has 0 saturated carbocycles. The molecule has 2 aromatic heterocycles. The van der Waals surface area contributed by atoms with Gasteiger partial charge >= 0.3 is 0 Å². The van der Waals surface area contributed by atoms with Gasteiger partial charge in [-0.2, -0.15) is 4.98 Å². The zero-order valence-electron chi connectivity index (χ0n) is 25.1. The Hall–Kier alpha value is -3.67. The number of anilines is 1. The largest absolute Gasteiger partial charge is 0.497 e. The van der Waals surface area contributed by atoms with Gasteiger partial charge in [-0.15, -0.1) is 0 Å². The summed E-state index contributed by atoms with van der Waals surface area (Å²) in [4.78, 5) is 39.9. The number of carbonyl (C=O) groups is 1. The van der Waals surface area contributed by atoms with Crippen molar-refractivity contribution in [3.05, 3.63) is 52.4 Å². The molecule has 2 saturated heterocycles. The molecule has 1 N–H and O–H groups in total. The Morgan fingerprint density at radius 2 is 1.88 bits per heavy atom. The van der Waals surface area contributed by atoms with E-state index in [0.29, 0.717) is 96.4 Å². The molecule has 3 aromatic rings. The van der Waals surface area contributed by atoms with Gasteiger partial charge in [-0.25, -0.2) is 4.98 Å². The molecule has 2 fully saturated rings. The summed E-state index contributed by atoms with van der Waals surface area (Å²) >= 11 is 6.72. The van der Waals surface area contributed by atoms with Crippen LogP contribution < -0.4 is 20.3 Å². The van der Waals surface area contributed by atoms with Crippen molar-refractivity contribution in [3.63, 3.8) is 0 Å². The van der Waals surface area contributed by atoms with E-state index in [1.54, 1.807) is 36.1 Å². The van der Waals surface area contributed by atoms with Crippen LogP contribution in [0.25, 0.3) is 22.2 Å². The summed E-state index contributed by atoms with van der Waals surface area (Å²) < 4.78 is 17.9. The third-order valence-corrected chi connectivity index (χ3v) is 8.62. The number of ether oxygens (including phenoxy) is 3. The van der Waals surface area contributed by atoms with Gasteiger partial charge in [0, 0.05) is 79.5 Å². The van der Waals surface area contributed by atoms with Gasteiger partial charge in [0.15, 0.2) is 0 Å². The van der Waals surface area contributed by atoms with E-state index in [9.17, 15) is 9.59 Å². The van der Waals surface area contributed by atoms with E-state index in [-0.39, 0.29) is 23.6 Å². The first kappa shape index (κ1) is 30.8. The Bertz CT molecular complexity index is 1550. The number of rotatable bonds is 11. The van der Waals surface area contributed by atoms with Crippen LogP contribution in [0.4, 0.5) is 5.95 Å². The predicted molar refractivity (Wildman–Crippen MR) is 167 cm³/mol. The maximum atomic E-state index is 14.2. The van der Waals surface area contributed by atoms with E-state index in [1.807, 2.05) is 4.90 Å². The topological polar surface area (TPSA) is 111 Å². The van der Waals surface area contributed by atoms with Crippen molar-refractivity contribution in [1.29, 1.82) is 0 Å². The van der Waals surface area contributed by atoms with Gasteiger partial charge in [0.05, 0.1) is 32.5 Å².